The van der Waals surface area contributed by atoms with Crippen molar-refractivity contribution >= 4 is 39.5 Å². The van der Waals surface area contributed by atoms with Gasteiger partial charge < -0.3 is 0 Å². The van der Waals surface area contributed by atoms with Crippen LogP contribution in [-0.4, -0.2) is 9.97 Å². The Morgan fingerprint density at radius 2 is 1.77 bits per heavy atom. The molecule has 3 rings (SSSR count). The van der Waals surface area contributed by atoms with Crippen LogP contribution < -0.4 is 0 Å². The summed E-state index contributed by atoms with van der Waals surface area (Å²) >= 11 is 0. The van der Waals surface area contributed by atoms with Crippen molar-refractivity contribution in [2.45, 2.75) is 13.8 Å². The molecule has 0 amide bonds. The van der Waals surface area contributed by atoms with Crippen molar-refractivity contribution in [3.63, 3.8) is 0 Å². The van der Waals surface area contributed by atoms with E-state index in [1.807, 2.05) is 62.6 Å². The Bertz CT molecular complexity index is 1080. The lowest BCUT2D eigenvalue weighted by atomic mass is 9.95. The molecule has 0 spiro atoms. The summed E-state index contributed by atoms with van der Waals surface area (Å²) in [6, 6.07) is 8.30. The summed E-state index contributed by atoms with van der Waals surface area (Å²) in [6.07, 6.45) is 15.5. The molecule has 0 N–H and O–H groups in total. The number of rotatable bonds is 5. The Hall–Kier alpha value is -3.26. The molecule has 128 valence electrons. The molecular weight excluding hydrogens is 316 g/mol. The maximum atomic E-state index is 4.94. The van der Waals surface area contributed by atoms with Crippen LogP contribution in [-0.2, 0) is 0 Å². The van der Waals surface area contributed by atoms with Gasteiger partial charge in [0, 0.05) is 10.9 Å². The van der Waals surface area contributed by atoms with Crippen LogP contribution in [0.2, 0.25) is 0 Å². The molecule has 2 aromatic carbocycles. The Morgan fingerprint density at radius 1 is 1.00 bits per heavy atom. The average Bonchev–Trinajstić information content (AvgIpc) is 2.69. The highest BCUT2D eigenvalue weighted by atomic mass is 14.8. The minimum atomic E-state index is 0.836. The lowest BCUT2D eigenvalue weighted by Crippen LogP contribution is -1.97. The van der Waals surface area contributed by atoms with Crippen LogP contribution in [0.3, 0.4) is 0 Å². The quantitative estimate of drug-likeness (QED) is 0.386. The van der Waals surface area contributed by atoms with E-state index in [-0.39, 0.29) is 0 Å². The van der Waals surface area contributed by atoms with Gasteiger partial charge in [-0.3, -0.25) is 4.98 Å². The van der Waals surface area contributed by atoms with Gasteiger partial charge in [-0.2, -0.15) is 0 Å². The van der Waals surface area contributed by atoms with E-state index in [4.69, 9.17) is 9.97 Å². The van der Waals surface area contributed by atoms with Gasteiger partial charge in [-0.15, -0.1) is 0 Å². The summed E-state index contributed by atoms with van der Waals surface area (Å²) in [5.74, 6) is 0. The van der Waals surface area contributed by atoms with Crippen LogP contribution in [0.4, 0.5) is 0 Å². The summed E-state index contributed by atoms with van der Waals surface area (Å²) in [6.45, 7) is 11.8. The van der Waals surface area contributed by atoms with Crippen LogP contribution in [0.15, 0.2) is 74.0 Å². The van der Waals surface area contributed by atoms with Gasteiger partial charge in [0.25, 0.3) is 0 Å². The Labute approximate surface area is 154 Å². The zero-order chi connectivity index (χ0) is 18.5. The fraction of sp³-hybridized carbons (Fsp3) is 0.0833. The topological polar surface area (TPSA) is 25.8 Å². The molecule has 2 nitrogen and oxygen atoms in total. The minimum Gasteiger partial charge on any atom is -0.252 e. The van der Waals surface area contributed by atoms with Gasteiger partial charge in [-0.1, -0.05) is 80.0 Å². The number of fused-ring (bicyclic) bond motifs is 3. The second kappa shape index (κ2) is 7.75. The van der Waals surface area contributed by atoms with Crippen molar-refractivity contribution in [1.82, 2.24) is 9.97 Å². The third kappa shape index (κ3) is 3.02. The SMILES string of the molecule is C=CC=CC(=CC)c1cnc2c(n1)c(C=C)c(C=CC)c1ccccc12. The molecular formula is C24H22N2. The Kier molecular flexibility index (Phi) is 5.23. The number of hydrogen-bond donors (Lipinski definition) is 0. The van der Waals surface area contributed by atoms with E-state index in [0.717, 1.165) is 44.2 Å². The number of hydrogen-bond acceptors (Lipinski definition) is 2. The number of allylic oxidation sites excluding steroid dienone is 6. The highest BCUT2D eigenvalue weighted by Gasteiger charge is 2.14. The summed E-state index contributed by atoms with van der Waals surface area (Å²) in [5.41, 5.74) is 5.75. The fourth-order valence-electron chi connectivity index (χ4n) is 3.16. The first-order chi connectivity index (χ1) is 12.7. The van der Waals surface area contributed by atoms with E-state index in [0.29, 0.717) is 0 Å². The molecule has 0 aliphatic rings. The summed E-state index contributed by atoms with van der Waals surface area (Å²) in [5, 5.41) is 2.26. The predicted molar refractivity (Wildman–Crippen MR) is 115 cm³/mol. The lowest BCUT2D eigenvalue weighted by Gasteiger charge is -2.13. The molecule has 0 bridgehead atoms. The van der Waals surface area contributed by atoms with Crippen molar-refractivity contribution in [2.75, 3.05) is 0 Å². The molecule has 0 radical (unpaired) electrons. The lowest BCUT2D eigenvalue weighted by molar-refractivity contribution is 1.25. The van der Waals surface area contributed by atoms with Crippen LogP contribution in [0.5, 0.6) is 0 Å². The van der Waals surface area contributed by atoms with Crippen LogP contribution >= 0.6 is 0 Å². The second-order valence-electron chi connectivity index (χ2n) is 5.87. The molecule has 0 saturated carbocycles. The van der Waals surface area contributed by atoms with E-state index in [1.54, 1.807) is 6.08 Å². The van der Waals surface area contributed by atoms with Gasteiger partial charge in [0.1, 0.15) is 0 Å². The predicted octanol–water partition coefficient (Wildman–Crippen LogP) is 6.60. The normalized spacial score (nSPS) is 12.5. The molecule has 3 aromatic rings. The maximum absolute atomic E-state index is 4.94. The van der Waals surface area contributed by atoms with E-state index in [9.17, 15) is 0 Å². The van der Waals surface area contributed by atoms with Gasteiger partial charge >= 0.3 is 0 Å². The zero-order valence-electron chi connectivity index (χ0n) is 15.2. The fourth-order valence-corrected chi connectivity index (χ4v) is 3.16. The summed E-state index contributed by atoms with van der Waals surface area (Å²) < 4.78 is 0. The summed E-state index contributed by atoms with van der Waals surface area (Å²) in [4.78, 5) is 9.70. The van der Waals surface area contributed by atoms with Crippen molar-refractivity contribution in [3.8, 4) is 0 Å². The van der Waals surface area contributed by atoms with Gasteiger partial charge in [-0.25, -0.2) is 4.98 Å². The minimum absolute atomic E-state index is 0.836. The number of nitrogens with zero attached hydrogens (tertiary/aromatic N) is 2. The third-order valence-electron chi connectivity index (χ3n) is 4.35. The molecule has 0 aliphatic carbocycles. The van der Waals surface area contributed by atoms with Crippen molar-refractivity contribution in [3.05, 3.63) is 90.8 Å². The molecule has 0 fully saturated rings. The molecule has 2 heteroatoms. The molecule has 0 aliphatic heterocycles. The van der Waals surface area contributed by atoms with Gasteiger partial charge in [0.15, 0.2) is 0 Å². The van der Waals surface area contributed by atoms with E-state index >= 15 is 0 Å². The molecule has 1 aromatic heterocycles. The maximum Gasteiger partial charge on any atom is 0.0979 e. The molecule has 0 atom stereocenters. The van der Waals surface area contributed by atoms with Gasteiger partial charge in [0.05, 0.1) is 22.9 Å². The first kappa shape index (κ1) is 17.6. The summed E-state index contributed by atoms with van der Waals surface area (Å²) in [7, 11) is 0. The molecule has 1 heterocycles. The zero-order valence-corrected chi connectivity index (χ0v) is 15.2. The Balaban J connectivity index is 2.42. The van der Waals surface area contributed by atoms with Crippen LogP contribution in [0.1, 0.15) is 30.7 Å². The average molecular weight is 338 g/mol. The largest absolute Gasteiger partial charge is 0.252 e. The Morgan fingerprint density at radius 3 is 2.42 bits per heavy atom. The first-order valence-corrected chi connectivity index (χ1v) is 8.67. The first-order valence-electron chi connectivity index (χ1n) is 8.67. The number of benzene rings is 2. The van der Waals surface area contributed by atoms with E-state index in [2.05, 4.69) is 31.4 Å². The van der Waals surface area contributed by atoms with Crippen LogP contribution in [0, 0.1) is 0 Å². The monoisotopic (exact) mass is 338 g/mol. The highest BCUT2D eigenvalue weighted by molar-refractivity contribution is 6.11. The standard InChI is InChI=1S/C24H22N2/c1-5-9-13-17(7-3)22-16-25-23-21-15-11-10-14-20(21)19(12-6-2)18(8-4)24(23)26-22/h5-16H,1,4H2,2-3H3. The number of aromatic nitrogens is 2. The second-order valence-corrected chi connectivity index (χ2v) is 5.87. The van der Waals surface area contributed by atoms with Crippen molar-refractivity contribution in [1.29, 1.82) is 0 Å². The smallest absolute Gasteiger partial charge is 0.0979 e. The van der Waals surface area contributed by atoms with Gasteiger partial charge in [0.2, 0.25) is 0 Å². The van der Waals surface area contributed by atoms with Crippen LogP contribution in [0.25, 0.3) is 39.5 Å². The van der Waals surface area contributed by atoms with Gasteiger partial charge in [-0.05, 0) is 30.4 Å². The van der Waals surface area contributed by atoms with Crippen molar-refractivity contribution < 1.29 is 0 Å². The molecule has 0 saturated heterocycles. The third-order valence-corrected chi connectivity index (χ3v) is 4.35. The molecule has 26 heavy (non-hydrogen) atoms. The molecule has 0 unspecified atom stereocenters. The highest BCUT2D eigenvalue weighted by Crippen LogP contribution is 2.33. The van der Waals surface area contributed by atoms with Crippen molar-refractivity contribution in [2.24, 2.45) is 0 Å². The van der Waals surface area contributed by atoms with E-state index < -0.39 is 0 Å². The van der Waals surface area contributed by atoms with E-state index in [1.165, 1.54) is 0 Å².